The largest absolute Gasteiger partial charge is 0.524 e. The molecule has 0 radical (unpaired) electrons. The minimum Gasteiger partial charge on any atom is -0.359 e. The van der Waals surface area contributed by atoms with Crippen molar-refractivity contribution in [3.63, 3.8) is 0 Å². The molecular weight excluding hydrogens is 264 g/mol. The molecule has 0 saturated heterocycles. The topological polar surface area (TPSA) is 122 Å². The highest BCUT2D eigenvalue weighted by Crippen LogP contribution is 2.06. The van der Waals surface area contributed by atoms with Gasteiger partial charge < -0.3 is 20.9 Å². The van der Waals surface area contributed by atoms with Crippen LogP contribution in [0.5, 0.6) is 0 Å². The van der Waals surface area contributed by atoms with Gasteiger partial charge in [0.05, 0.1) is 0 Å². The van der Waals surface area contributed by atoms with Crippen molar-refractivity contribution in [3.05, 3.63) is 0 Å². The smallest absolute Gasteiger partial charge is 0.359 e. The molecule has 0 aromatic heterocycles. The Morgan fingerprint density at radius 3 is 1.35 bits per heavy atom. The molecule has 116 valence electrons. The summed E-state index contributed by atoms with van der Waals surface area (Å²) >= 11 is 0. The van der Waals surface area contributed by atoms with Crippen LogP contribution < -0.4 is 11.5 Å². The zero-order valence-corrected chi connectivity index (χ0v) is 12.4. The molecule has 20 heavy (non-hydrogen) atoms. The Hall–Kier alpha value is -1.47. The van der Waals surface area contributed by atoms with Crippen LogP contribution in [0.2, 0.25) is 0 Å². The average Bonchev–Trinajstić information content (AvgIpc) is 2.26. The molecule has 0 bridgehead atoms. The molecule has 0 fully saturated rings. The highest BCUT2D eigenvalue weighted by atomic mass is 16.8. The Balaban J connectivity index is 4.22. The molecule has 0 saturated carbocycles. The number of hydrogen-bond donors (Lipinski definition) is 2. The van der Waals surface area contributed by atoms with Crippen LogP contribution in [-0.4, -0.2) is 30.2 Å². The van der Waals surface area contributed by atoms with Gasteiger partial charge in [-0.25, -0.2) is 14.4 Å². The zero-order chi connectivity index (χ0) is 15.9. The summed E-state index contributed by atoms with van der Waals surface area (Å²) in [5.74, 6) is -1.49. The van der Waals surface area contributed by atoms with E-state index in [1.54, 1.807) is 0 Å². The summed E-state index contributed by atoms with van der Waals surface area (Å²) in [5, 5.41) is 0. The number of hydrogen-bond acceptors (Lipinski definition) is 7. The van der Waals surface area contributed by atoms with E-state index in [1.165, 1.54) is 0 Å². The standard InChI is InChI=1S/C13H24N2O5/c1-7(2)5-9(14)11(16)19-13(18)20-12(17)10(15)6-8(3)4/h7-10H,5-6,14-15H2,1-4H3/t9-,10-/m0/s1. The lowest BCUT2D eigenvalue weighted by Gasteiger charge is -2.14. The van der Waals surface area contributed by atoms with Crippen molar-refractivity contribution in [3.8, 4) is 0 Å². The van der Waals surface area contributed by atoms with Crippen molar-refractivity contribution < 1.29 is 23.9 Å². The van der Waals surface area contributed by atoms with Crippen molar-refractivity contribution >= 4 is 18.1 Å². The zero-order valence-electron chi connectivity index (χ0n) is 12.4. The third-order valence-corrected chi connectivity index (χ3v) is 2.42. The van der Waals surface area contributed by atoms with Gasteiger partial charge in [-0.3, -0.25) is 0 Å². The number of carbonyl (C=O) groups excluding carboxylic acids is 3. The highest BCUT2D eigenvalue weighted by molar-refractivity contribution is 5.91. The van der Waals surface area contributed by atoms with Crippen LogP contribution in [-0.2, 0) is 19.1 Å². The molecule has 2 atom stereocenters. The molecule has 0 aliphatic rings. The normalized spacial score (nSPS) is 14.0. The Labute approximate surface area is 119 Å². The first-order valence-corrected chi connectivity index (χ1v) is 6.62. The van der Waals surface area contributed by atoms with Crippen molar-refractivity contribution in [2.45, 2.75) is 52.6 Å². The third-order valence-electron chi connectivity index (χ3n) is 2.42. The van der Waals surface area contributed by atoms with Gasteiger partial charge in [0.15, 0.2) is 0 Å². The minimum atomic E-state index is -1.39. The summed E-state index contributed by atoms with van der Waals surface area (Å²) < 4.78 is 8.67. The summed E-state index contributed by atoms with van der Waals surface area (Å²) in [4.78, 5) is 34.1. The summed E-state index contributed by atoms with van der Waals surface area (Å²) in [6.07, 6.45) is -0.654. The van der Waals surface area contributed by atoms with Crippen LogP contribution in [0.3, 0.4) is 0 Å². The van der Waals surface area contributed by atoms with Gasteiger partial charge in [0, 0.05) is 0 Å². The molecule has 0 amide bonds. The second kappa shape index (κ2) is 8.65. The first-order valence-electron chi connectivity index (χ1n) is 6.62. The van der Waals surface area contributed by atoms with Gasteiger partial charge in [-0.1, -0.05) is 27.7 Å². The number of rotatable bonds is 6. The lowest BCUT2D eigenvalue weighted by molar-refractivity contribution is -0.148. The Bertz CT molecular complexity index is 323. The van der Waals surface area contributed by atoms with Gasteiger partial charge in [-0.05, 0) is 24.7 Å². The number of carbonyl (C=O) groups is 3. The molecule has 0 spiro atoms. The molecule has 0 aliphatic heterocycles. The van der Waals surface area contributed by atoms with Crippen LogP contribution >= 0.6 is 0 Å². The molecule has 0 rings (SSSR count). The molecule has 0 aromatic carbocycles. The molecule has 0 heterocycles. The fraction of sp³-hybridized carbons (Fsp3) is 0.769. The molecule has 4 N–H and O–H groups in total. The summed E-state index contributed by atoms with van der Waals surface area (Å²) in [6.45, 7) is 7.50. The third kappa shape index (κ3) is 7.85. The second-order valence-electron chi connectivity index (χ2n) is 5.56. The van der Waals surface area contributed by atoms with Crippen LogP contribution in [0.25, 0.3) is 0 Å². The van der Waals surface area contributed by atoms with Crippen molar-refractivity contribution in [1.82, 2.24) is 0 Å². The maximum Gasteiger partial charge on any atom is 0.524 e. The number of esters is 2. The monoisotopic (exact) mass is 288 g/mol. The second-order valence-corrected chi connectivity index (χ2v) is 5.56. The van der Waals surface area contributed by atoms with Crippen molar-refractivity contribution in [2.75, 3.05) is 0 Å². The Kier molecular flexibility index (Phi) is 8.02. The molecular formula is C13H24N2O5. The van der Waals surface area contributed by atoms with E-state index >= 15 is 0 Å². The minimum absolute atomic E-state index is 0.176. The van der Waals surface area contributed by atoms with Crippen LogP contribution in [0, 0.1) is 11.8 Å². The predicted molar refractivity (Wildman–Crippen MR) is 72.4 cm³/mol. The van der Waals surface area contributed by atoms with Crippen LogP contribution in [0.15, 0.2) is 0 Å². The summed E-state index contributed by atoms with van der Waals surface area (Å²) in [6, 6.07) is -1.86. The van der Waals surface area contributed by atoms with Gasteiger partial charge in [-0.15, -0.1) is 0 Å². The summed E-state index contributed by atoms with van der Waals surface area (Å²) in [7, 11) is 0. The van der Waals surface area contributed by atoms with E-state index in [0.29, 0.717) is 12.8 Å². The highest BCUT2D eigenvalue weighted by Gasteiger charge is 2.25. The first kappa shape index (κ1) is 18.5. The van der Waals surface area contributed by atoms with E-state index in [-0.39, 0.29) is 11.8 Å². The van der Waals surface area contributed by atoms with E-state index in [9.17, 15) is 14.4 Å². The van der Waals surface area contributed by atoms with Gasteiger partial charge in [0.1, 0.15) is 12.1 Å². The van der Waals surface area contributed by atoms with E-state index in [2.05, 4.69) is 9.47 Å². The molecule has 0 aromatic rings. The van der Waals surface area contributed by atoms with E-state index in [4.69, 9.17) is 11.5 Å². The number of nitrogens with two attached hydrogens (primary N) is 2. The predicted octanol–water partition coefficient (Wildman–Crippen LogP) is 0.940. The Morgan fingerprint density at radius 1 is 0.800 bits per heavy atom. The number of ether oxygens (including phenoxy) is 2. The fourth-order valence-electron chi connectivity index (χ4n) is 1.54. The van der Waals surface area contributed by atoms with Crippen molar-refractivity contribution in [1.29, 1.82) is 0 Å². The molecule has 0 aliphatic carbocycles. The lowest BCUT2D eigenvalue weighted by Crippen LogP contribution is -2.38. The van der Waals surface area contributed by atoms with Gasteiger partial charge in [0.2, 0.25) is 0 Å². The summed E-state index contributed by atoms with van der Waals surface area (Å²) in [5.41, 5.74) is 11.1. The fourth-order valence-corrected chi connectivity index (χ4v) is 1.54. The molecule has 7 nitrogen and oxygen atoms in total. The molecule has 7 heteroatoms. The van der Waals surface area contributed by atoms with Crippen LogP contribution in [0.1, 0.15) is 40.5 Å². The quantitative estimate of drug-likeness (QED) is 0.551. The van der Waals surface area contributed by atoms with E-state index in [1.807, 2.05) is 27.7 Å². The van der Waals surface area contributed by atoms with Gasteiger partial charge >= 0.3 is 18.1 Å². The maximum absolute atomic E-state index is 11.4. The van der Waals surface area contributed by atoms with E-state index in [0.717, 1.165) is 0 Å². The van der Waals surface area contributed by atoms with Gasteiger partial charge in [-0.2, -0.15) is 0 Å². The Morgan fingerprint density at radius 2 is 1.10 bits per heavy atom. The molecule has 0 unspecified atom stereocenters. The van der Waals surface area contributed by atoms with Gasteiger partial charge in [0.25, 0.3) is 0 Å². The van der Waals surface area contributed by atoms with E-state index < -0.39 is 30.2 Å². The average molecular weight is 288 g/mol. The van der Waals surface area contributed by atoms with Crippen LogP contribution in [0.4, 0.5) is 4.79 Å². The maximum atomic E-state index is 11.4. The first-order chi connectivity index (χ1) is 9.13. The lowest BCUT2D eigenvalue weighted by atomic mass is 10.1. The SMILES string of the molecule is CC(C)C[C@H](N)C(=O)OC(=O)OC(=O)[C@@H](N)CC(C)C. The van der Waals surface area contributed by atoms with Crippen molar-refractivity contribution in [2.24, 2.45) is 23.3 Å².